The van der Waals surface area contributed by atoms with Crippen molar-refractivity contribution in [2.75, 3.05) is 12.9 Å². The molecule has 14 heteroatoms. The van der Waals surface area contributed by atoms with Gasteiger partial charge in [0.05, 0.1) is 40.7 Å². The van der Waals surface area contributed by atoms with E-state index in [1.807, 2.05) is 0 Å². The van der Waals surface area contributed by atoms with E-state index in [4.69, 9.17) is 14.6 Å². The molecule has 2 aliphatic rings. The molecule has 0 fully saturated rings. The second kappa shape index (κ2) is 8.29. The molecule has 0 radical (unpaired) electrons. The Bertz CT molecular complexity index is 1410. The topological polar surface area (TPSA) is 169 Å². The Hall–Kier alpha value is -3.78. The van der Waals surface area contributed by atoms with Gasteiger partial charge in [-0.1, -0.05) is 0 Å². The predicted octanol–water partition coefficient (Wildman–Crippen LogP) is 2.87. The van der Waals surface area contributed by atoms with Gasteiger partial charge < -0.3 is 9.15 Å². The van der Waals surface area contributed by atoms with Gasteiger partial charge in [0, 0.05) is 6.26 Å². The van der Waals surface area contributed by atoms with Crippen molar-refractivity contribution < 1.29 is 27.3 Å². The number of nitrogens with zero attached hydrogens (tertiary/aromatic N) is 4. The van der Waals surface area contributed by atoms with E-state index in [1.54, 1.807) is 13.0 Å². The van der Waals surface area contributed by atoms with E-state index in [2.05, 4.69) is 9.39 Å². The van der Waals surface area contributed by atoms with Gasteiger partial charge >= 0.3 is 0 Å². The molecule has 2 aromatic rings. The zero-order valence-corrected chi connectivity index (χ0v) is 18.8. The Morgan fingerprint density at radius 1 is 1.33 bits per heavy atom. The van der Waals surface area contributed by atoms with E-state index in [-0.39, 0.29) is 33.5 Å². The molecule has 2 aliphatic heterocycles. The van der Waals surface area contributed by atoms with Crippen molar-refractivity contribution in [3.05, 3.63) is 51.8 Å². The van der Waals surface area contributed by atoms with E-state index < -0.39 is 31.7 Å². The fourth-order valence-electron chi connectivity index (χ4n) is 3.08. The standard InChI is InChI=1S/C19H15N5O7S2/c1-3-30-10-4-6-12(14(9-10)24(26)27)15-7-5-11(31-15)8-13-16(20)23-18(21-17(13)25)32-22-19(23)33(2,28)29/h4-9,20H,3H2,1-2H3. The van der Waals surface area contributed by atoms with Gasteiger partial charge in [-0.3, -0.25) is 20.3 Å². The van der Waals surface area contributed by atoms with E-state index in [0.29, 0.717) is 24.3 Å². The van der Waals surface area contributed by atoms with Crippen LogP contribution in [0.15, 0.2) is 49.7 Å². The number of amides is 1. The van der Waals surface area contributed by atoms with Crippen LogP contribution in [0.1, 0.15) is 12.7 Å². The number of sulfone groups is 1. The summed E-state index contributed by atoms with van der Waals surface area (Å²) in [5.41, 5.74) is -0.256. The molecule has 0 atom stereocenters. The van der Waals surface area contributed by atoms with Gasteiger partial charge in [-0.05, 0) is 37.3 Å². The van der Waals surface area contributed by atoms with Gasteiger partial charge in [-0.15, -0.1) is 0 Å². The van der Waals surface area contributed by atoms with Crippen LogP contribution < -0.4 is 4.74 Å². The van der Waals surface area contributed by atoms with Gasteiger partial charge in [-0.2, -0.15) is 9.39 Å². The summed E-state index contributed by atoms with van der Waals surface area (Å²) in [5, 5.41) is 19.4. The minimum Gasteiger partial charge on any atom is -0.494 e. The van der Waals surface area contributed by atoms with Crippen LogP contribution in [-0.4, -0.2) is 53.2 Å². The van der Waals surface area contributed by atoms with E-state index in [0.717, 1.165) is 11.2 Å². The van der Waals surface area contributed by atoms with Gasteiger partial charge in [0.15, 0.2) is 0 Å². The fourth-order valence-corrected chi connectivity index (χ4v) is 4.93. The third-order valence-corrected chi connectivity index (χ3v) is 6.24. The van der Waals surface area contributed by atoms with Crippen LogP contribution in [0.2, 0.25) is 0 Å². The number of nitrogens with one attached hydrogen (secondary N) is 1. The molecule has 33 heavy (non-hydrogen) atoms. The van der Waals surface area contributed by atoms with Crippen LogP contribution in [0.25, 0.3) is 17.4 Å². The van der Waals surface area contributed by atoms with Gasteiger partial charge in [0.25, 0.3) is 11.6 Å². The molecule has 1 N–H and O–H groups in total. The van der Waals surface area contributed by atoms with E-state index in [1.165, 1.54) is 30.3 Å². The Morgan fingerprint density at radius 3 is 2.76 bits per heavy atom. The highest BCUT2D eigenvalue weighted by atomic mass is 32.2. The molecule has 170 valence electrons. The quantitative estimate of drug-likeness (QED) is 0.287. The number of nitro groups is 1. The highest BCUT2D eigenvalue weighted by molar-refractivity contribution is 8.16. The average molecular weight is 489 g/mol. The fraction of sp³-hybridized carbons (Fsp3) is 0.158. The molecule has 0 unspecified atom stereocenters. The monoisotopic (exact) mass is 489 g/mol. The maximum Gasteiger partial charge on any atom is 0.284 e. The van der Waals surface area contributed by atoms with Crippen LogP contribution in [-0.2, 0) is 14.6 Å². The van der Waals surface area contributed by atoms with Crippen LogP contribution in [0.3, 0.4) is 0 Å². The summed E-state index contributed by atoms with van der Waals surface area (Å²) in [5.74, 6) is -0.586. The Kier molecular flexibility index (Phi) is 5.63. The van der Waals surface area contributed by atoms with Gasteiger partial charge in [-0.25, -0.2) is 13.3 Å². The number of ether oxygens (including phenoxy) is 1. The molecule has 12 nitrogen and oxygen atoms in total. The van der Waals surface area contributed by atoms with Crippen molar-refractivity contribution in [3.63, 3.8) is 0 Å². The molecule has 1 aromatic carbocycles. The molecular formula is C19H15N5O7S2. The number of carbonyl (C=O) groups excluding carboxylic acids is 1. The molecule has 0 saturated carbocycles. The molecule has 1 aromatic heterocycles. The molecular weight excluding hydrogens is 474 g/mol. The Morgan fingerprint density at radius 2 is 2.09 bits per heavy atom. The number of nitro benzene ring substituents is 1. The Balaban J connectivity index is 1.70. The van der Waals surface area contributed by atoms with Crippen LogP contribution in [0.5, 0.6) is 5.75 Å². The van der Waals surface area contributed by atoms with E-state index in [9.17, 15) is 23.3 Å². The molecule has 1 amide bonds. The second-order valence-corrected chi connectivity index (χ2v) is 9.39. The molecule has 4 rings (SSSR count). The molecule has 0 bridgehead atoms. The maximum absolute atomic E-state index is 12.4. The third-order valence-electron chi connectivity index (χ3n) is 4.48. The smallest absolute Gasteiger partial charge is 0.284 e. The van der Waals surface area contributed by atoms with Crippen LogP contribution in [0, 0.1) is 15.5 Å². The zero-order valence-electron chi connectivity index (χ0n) is 17.1. The second-order valence-electron chi connectivity index (χ2n) is 6.75. The predicted molar refractivity (Wildman–Crippen MR) is 122 cm³/mol. The summed E-state index contributed by atoms with van der Waals surface area (Å²) < 4.78 is 38.7. The van der Waals surface area contributed by atoms with Gasteiger partial charge in [0.2, 0.25) is 20.2 Å². The van der Waals surface area contributed by atoms with Crippen molar-refractivity contribution in [1.29, 1.82) is 5.41 Å². The average Bonchev–Trinajstić information content (AvgIpc) is 3.38. The number of amidine groups is 3. The highest BCUT2D eigenvalue weighted by Gasteiger charge is 2.41. The number of hydrogen-bond acceptors (Lipinski definition) is 10. The lowest BCUT2D eigenvalue weighted by Gasteiger charge is -2.23. The molecule has 0 saturated heterocycles. The maximum atomic E-state index is 12.4. The van der Waals surface area contributed by atoms with Crippen molar-refractivity contribution in [3.8, 4) is 17.1 Å². The zero-order chi connectivity index (χ0) is 23.9. The normalized spacial score (nSPS) is 17.2. The SMILES string of the molecule is CCOc1ccc(-c2ccc(C=C3C(=N)N4C(=NC3=O)SN=C4S(C)(=O)=O)o2)c([N+](=O)[O-])c1. The van der Waals surface area contributed by atoms with Crippen molar-refractivity contribution >= 4 is 55.6 Å². The molecule has 0 aliphatic carbocycles. The Labute approximate surface area is 191 Å². The van der Waals surface area contributed by atoms with Gasteiger partial charge in [0.1, 0.15) is 23.1 Å². The van der Waals surface area contributed by atoms with Crippen molar-refractivity contribution in [2.24, 2.45) is 9.39 Å². The summed E-state index contributed by atoms with van der Waals surface area (Å²) in [4.78, 5) is 28.2. The minimum absolute atomic E-state index is 0.0345. The number of aliphatic imine (C=N–C) groups is 1. The van der Waals surface area contributed by atoms with Crippen molar-refractivity contribution in [2.45, 2.75) is 6.92 Å². The first-order valence-electron chi connectivity index (χ1n) is 9.30. The number of fused-ring (bicyclic) bond motifs is 1. The number of furan rings is 1. The first-order valence-corrected chi connectivity index (χ1v) is 12.0. The lowest BCUT2D eigenvalue weighted by Crippen LogP contribution is -2.45. The first kappa shape index (κ1) is 22.4. The molecule has 0 spiro atoms. The number of benzene rings is 1. The number of rotatable bonds is 5. The summed E-state index contributed by atoms with van der Waals surface area (Å²) >= 11 is 0.686. The van der Waals surface area contributed by atoms with Crippen molar-refractivity contribution in [1.82, 2.24) is 4.90 Å². The number of hydrogen-bond donors (Lipinski definition) is 1. The largest absolute Gasteiger partial charge is 0.494 e. The summed E-state index contributed by atoms with van der Waals surface area (Å²) in [6.45, 7) is 2.11. The molecule has 3 heterocycles. The van der Waals surface area contributed by atoms with Crippen LogP contribution in [0.4, 0.5) is 5.69 Å². The van der Waals surface area contributed by atoms with E-state index >= 15 is 0 Å². The third kappa shape index (κ3) is 4.17. The first-order chi connectivity index (χ1) is 15.6. The lowest BCUT2D eigenvalue weighted by atomic mass is 10.1. The van der Waals surface area contributed by atoms with Crippen LogP contribution >= 0.6 is 11.9 Å². The summed E-state index contributed by atoms with van der Waals surface area (Å²) in [6.07, 6.45) is 2.16. The summed E-state index contributed by atoms with van der Waals surface area (Å²) in [6, 6.07) is 7.29. The summed E-state index contributed by atoms with van der Waals surface area (Å²) in [7, 11) is -3.77. The number of carbonyl (C=O) groups is 1. The highest BCUT2D eigenvalue weighted by Crippen LogP contribution is 2.35. The minimum atomic E-state index is -3.77. The lowest BCUT2D eigenvalue weighted by molar-refractivity contribution is -0.384.